The van der Waals surface area contributed by atoms with Gasteiger partial charge < -0.3 is 5.32 Å². The Kier molecular flexibility index (Phi) is 6.05. The Morgan fingerprint density at radius 1 is 1.30 bits per heavy atom. The summed E-state index contributed by atoms with van der Waals surface area (Å²) in [5.74, 6) is -0.965. The lowest BCUT2D eigenvalue weighted by atomic mass is 10.1. The van der Waals surface area contributed by atoms with Crippen LogP contribution in [-0.4, -0.2) is 51.4 Å². The number of halogens is 1. The number of allylic oxidation sites excluding steroid dienone is 1. The zero-order valence-corrected chi connectivity index (χ0v) is 15.8. The van der Waals surface area contributed by atoms with Crippen LogP contribution in [0.3, 0.4) is 0 Å². The molecule has 1 aromatic carbocycles. The van der Waals surface area contributed by atoms with E-state index in [0.717, 1.165) is 17.7 Å². The van der Waals surface area contributed by atoms with Crippen molar-refractivity contribution in [3.05, 3.63) is 47.1 Å². The summed E-state index contributed by atoms with van der Waals surface area (Å²) in [5, 5.41) is 4.01. The number of imide groups is 1. The summed E-state index contributed by atoms with van der Waals surface area (Å²) in [4.78, 5) is 39.0. The van der Waals surface area contributed by atoms with Crippen LogP contribution in [0.25, 0.3) is 0 Å². The Bertz CT molecular complexity index is 820. The summed E-state index contributed by atoms with van der Waals surface area (Å²) in [5.41, 5.74) is 1.18. The molecule has 2 heterocycles. The van der Waals surface area contributed by atoms with Crippen LogP contribution < -0.4 is 5.32 Å². The molecule has 1 unspecified atom stereocenters. The van der Waals surface area contributed by atoms with Crippen LogP contribution in [0, 0.1) is 5.82 Å². The fourth-order valence-corrected chi connectivity index (χ4v) is 3.90. The Morgan fingerprint density at radius 3 is 2.74 bits per heavy atom. The van der Waals surface area contributed by atoms with Gasteiger partial charge in [0.05, 0.1) is 0 Å². The number of hydrogen-bond acceptors (Lipinski definition) is 4. The zero-order chi connectivity index (χ0) is 19.4. The predicted molar refractivity (Wildman–Crippen MR) is 101 cm³/mol. The van der Waals surface area contributed by atoms with Crippen molar-refractivity contribution in [1.29, 1.82) is 0 Å². The molecule has 0 saturated heterocycles. The molecule has 1 aromatic rings. The minimum absolute atomic E-state index is 0.0379. The van der Waals surface area contributed by atoms with Crippen molar-refractivity contribution in [3.8, 4) is 0 Å². The molecule has 0 fully saturated rings. The highest BCUT2D eigenvalue weighted by atomic mass is 32.2. The number of thioether (sulfide) groups is 1. The SMILES string of the molecule is CCCCNC(=O)C[N+]1=C2C=CSC2C(=O)N(Cc2ccc(F)cc2)C1=O. The normalized spacial score (nSPS) is 18.9. The maximum absolute atomic E-state index is 13.1. The van der Waals surface area contributed by atoms with Gasteiger partial charge in [-0.1, -0.05) is 25.5 Å². The molecule has 27 heavy (non-hydrogen) atoms. The molecule has 0 saturated carbocycles. The smallest absolute Gasteiger partial charge is 0.353 e. The summed E-state index contributed by atoms with van der Waals surface area (Å²) in [6.07, 6.45) is 3.53. The first-order chi connectivity index (χ1) is 13.0. The number of nitrogens with one attached hydrogen (secondary N) is 1. The minimum Gasteiger partial charge on any atom is -0.353 e. The molecule has 1 N–H and O–H groups in total. The molecular weight excluding hydrogens is 369 g/mol. The van der Waals surface area contributed by atoms with Crippen molar-refractivity contribution in [2.45, 2.75) is 31.6 Å². The van der Waals surface area contributed by atoms with Gasteiger partial charge in [0.1, 0.15) is 18.1 Å². The zero-order valence-electron chi connectivity index (χ0n) is 15.0. The molecule has 1 atom stereocenters. The summed E-state index contributed by atoms with van der Waals surface area (Å²) in [7, 11) is 0. The second kappa shape index (κ2) is 8.47. The van der Waals surface area contributed by atoms with Gasteiger partial charge in [-0.2, -0.15) is 14.3 Å². The average molecular weight is 390 g/mol. The van der Waals surface area contributed by atoms with E-state index in [1.165, 1.54) is 40.6 Å². The van der Waals surface area contributed by atoms with Gasteiger partial charge in [-0.25, -0.2) is 9.18 Å². The van der Waals surface area contributed by atoms with Crippen LogP contribution in [0.15, 0.2) is 35.7 Å². The van der Waals surface area contributed by atoms with Gasteiger partial charge in [-0.3, -0.25) is 4.79 Å². The van der Waals surface area contributed by atoms with Crippen molar-refractivity contribution in [1.82, 2.24) is 10.2 Å². The molecule has 3 rings (SSSR count). The molecule has 0 bridgehead atoms. The fraction of sp³-hybridized carbons (Fsp3) is 0.368. The highest BCUT2D eigenvalue weighted by Crippen LogP contribution is 2.28. The average Bonchev–Trinajstić information content (AvgIpc) is 3.14. The largest absolute Gasteiger partial charge is 0.501 e. The van der Waals surface area contributed by atoms with Crippen LogP contribution in [0.2, 0.25) is 0 Å². The molecule has 6 nitrogen and oxygen atoms in total. The Balaban J connectivity index is 1.80. The molecule has 4 amide bonds. The number of carbonyl (C=O) groups excluding carboxylic acids is 3. The molecule has 0 radical (unpaired) electrons. The van der Waals surface area contributed by atoms with E-state index < -0.39 is 11.3 Å². The molecule has 2 aliphatic rings. The van der Waals surface area contributed by atoms with Crippen LogP contribution >= 0.6 is 11.8 Å². The number of amides is 4. The maximum atomic E-state index is 13.1. The lowest BCUT2D eigenvalue weighted by Crippen LogP contribution is -2.56. The lowest BCUT2D eigenvalue weighted by molar-refractivity contribution is -0.427. The van der Waals surface area contributed by atoms with Crippen LogP contribution in [0.1, 0.15) is 25.3 Å². The summed E-state index contributed by atoms with van der Waals surface area (Å²) >= 11 is 1.31. The number of benzene rings is 1. The van der Waals surface area contributed by atoms with Gasteiger partial charge in [0.15, 0.2) is 11.8 Å². The standard InChI is InChI=1S/C19H20FN3O3S/c1-2-3-9-21-16(24)12-22-15-8-10-27-17(15)18(25)23(19(22)26)11-13-4-6-14(20)7-5-13/h4-8,10,17H,2-3,9,11-12H2,1H3/p+1. The molecule has 8 heteroatoms. The first-order valence-corrected chi connectivity index (χ1v) is 9.78. The molecular formula is C19H21FN3O3S+. The first-order valence-electron chi connectivity index (χ1n) is 8.84. The van der Waals surface area contributed by atoms with Gasteiger partial charge in [-0.05, 0) is 35.6 Å². The molecule has 0 aromatic heterocycles. The predicted octanol–water partition coefficient (Wildman–Crippen LogP) is 2.29. The number of urea groups is 1. The van der Waals surface area contributed by atoms with Crippen molar-refractivity contribution >= 4 is 35.3 Å². The topological polar surface area (TPSA) is 69.5 Å². The fourth-order valence-electron chi connectivity index (χ4n) is 2.93. The number of carbonyl (C=O) groups is 3. The summed E-state index contributed by atoms with van der Waals surface area (Å²) < 4.78 is 14.5. The van der Waals surface area contributed by atoms with Gasteiger partial charge >= 0.3 is 11.9 Å². The van der Waals surface area contributed by atoms with Crippen molar-refractivity contribution in [3.63, 3.8) is 0 Å². The second-order valence-corrected chi connectivity index (χ2v) is 7.38. The van der Waals surface area contributed by atoms with Gasteiger partial charge in [0, 0.05) is 6.54 Å². The number of fused-ring (bicyclic) bond motifs is 1. The van der Waals surface area contributed by atoms with E-state index in [9.17, 15) is 18.8 Å². The quantitative estimate of drug-likeness (QED) is 0.573. The van der Waals surface area contributed by atoms with E-state index in [1.807, 2.05) is 6.92 Å². The van der Waals surface area contributed by atoms with Crippen molar-refractivity contribution in [2.75, 3.05) is 13.1 Å². The second-order valence-electron chi connectivity index (χ2n) is 6.37. The number of rotatable bonds is 7. The van der Waals surface area contributed by atoms with E-state index >= 15 is 0 Å². The molecule has 2 aliphatic heterocycles. The lowest BCUT2D eigenvalue weighted by Gasteiger charge is -2.24. The highest BCUT2D eigenvalue weighted by molar-refractivity contribution is 8.04. The van der Waals surface area contributed by atoms with Crippen molar-refractivity contribution < 1.29 is 23.3 Å². The number of nitrogens with zero attached hydrogens (tertiary/aromatic N) is 2. The number of unbranched alkanes of at least 4 members (excludes halogenated alkanes) is 1. The number of hydrogen-bond donors (Lipinski definition) is 1. The summed E-state index contributed by atoms with van der Waals surface area (Å²) in [6, 6.07) is 5.12. The van der Waals surface area contributed by atoms with Crippen LogP contribution in [0.4, 0.5) is 9.18 Å². The Hall–Kier alpha value is -2.48. The van der Waals surface area contributed by atoms with E-state index in [2.05, 4.69) is 5.32 Å². The van der Waals surface area contributed by atoms with Crippen molar-refractivity contribution in [2.24, 2.45) is 0 Å². The van der Waals surface area contributed by atoms with E-state index in [-0.39, 0.29) is 30.7 Å². The minimum atomic E-state index is -0.536. The first kappa shape index (κ1) is 19.3. The van der Waals surface area contributed by atoms with E-state index in [4.69, 9.17) is 0 Å². The third-order valence-electron chi connectivity index (χ3n) is 4.39. The van der Waals surface area contributed by atoms with Gasteiger partial charge in [-0.15, -0.1) is 11.8 Å². The van der Waals surface area contributed by atoms with Gasteiger partial charge in [0.2, 0.25) is 0 Å². The van der Waals surface area contributed by atoms with E-state index in [0.29, 0.717) is 17.8 Å². The van der Waals surface area contributed by atoms with Gasteiger partial charge in [0.25, 0.3) is 5.91 Å². The van der Waals surface area contributed by atoms with Crippen LogP contribution in [-0.2, 0) is 16.1 Å². The third kappa shape index (κ3) is 4.27. The Labute approximate surface area is 161 Å². The van der Waals surface area contributed by atoms with E-state index in [1.54, 1.807) is 11.5 Å². The molecule has 142 valence electrons. The maximum Gasteiger partial charge on any atom is 0.501 e. The third-order valence-corrected chi connectivity index (χ3v) is 5.40. The van der Waals surface area contributed by atoms with Crippen LogP contribution in [0.5, 0.6) is 0 Å². The Morgan fingerprint density at radius 2 is 2.04 bits per heavy atom. The molecule has 0 aliphatic carbocycles. The molecule has 0 spiro atoms. The summed E-state index contributed by atoms with van der Waals surface area (Å²) in [6.45, 7) is 2.49. The monoisotopic (exact) mass is 390 g/mol. The highest BCUT2D eigenvalue weighted by Gasteiger charge is 2.49.